The number of nitrogen functional groups attached to an aromatic ring is 1. The zero-order valence-electron chi connectivity index (χ0n) is 11.4. The number of hydrogen-bond acceptors (Lipinski definition) is 4. The van der Waals surface area contributed by atoms with E-state index in [1.807, 2.05) is 31.2 Å². The van der Waals surface area contributed by atoms with Crippen LogP contribution in [0.4, 0.5) is 5.69 Å². The molecule has 0 radical (unpaired) electrons. The number of para-hydroxylation sites is 1. The van der Waals surface area contributed by atoms with Gasteiger partial charge in [0.2, 0.25) is 0 Å². The number of carbonyl (C=O) groups excluding carboxylic acids is 1. The van der Waals surface area contributed by atoms with Crippen LogP contribution < -0.4 is 11.3 Å². The van der Waals surface area contributed by atoms with E-state index in [1.54, 1.807) is 29.4 Å². The van der Waals surface area contributed by atoms with Gasteiger partial charge in [0.25, 0.3) is 5.91 Å². The first-order chi connectivity index (χ1) is 9.76. The van der Waals surface area contributed by atoms with Gasteiger partial charge in [-0.1, -0.05) is 12.1 Å². The predicted molar refractivity (Wildman–Crippen MR) is 78.9 cm³/mol. The number of rotatable bonds is 5. The molecule has 1 aromatic carbocycles. The van der Waals surface area contributed by atoms with E-state index in [9.17, 15) is 4.79 Å². The molecule has 20 heavy (non-hydrogen) atoms. The van der Waals surface area contributed by atoms with Gasteiger partial charge in [0, 0.05) is 25.5 Å². The van der Waals surface area contributed by atoms with Crippen LogP contribution in [0.1, 0.15) is 22.8 Å². The molecule has 2 aromatic rings. The van der Waals surface area contributed by atoms with Crippen LogP contribution in [0.5, 0.6) is 0 Å². The monoisotopic (exact) mass is 270 g/mol. The maximum atomic E-state index is 12.6. The molecule has 0 unspecified atom stereocenters. The number of amides is 1. The van der Waals surface area contributed by atoms with E-state index < -0.39 is 0 Å². The van der Waals surface area contributed by atoms with E-state index >= 15 is 0 Å². The summed E-state index contributed by atoms with van der Waals surface area (Å²) < 4.78 is 0. The molecule has 0 fully saturated rings. The maximum Gasteiger partial charge on any atom is 0.256 e. The summed E-state index contributed by atoms with van der Waals surface area (Å²) in [7, 11) is 0. The van der Waals surface area contributed by atoms with Gasteiger partial charge in [-0.05, 0) is 36.8 Å². The van der Waals surface area contributed by atoms with Gasteiger partial charge in [-0.2, -0.15) is 0 Å². The predicted octanol–water partition coefficient (Wildman–Crippen LogP) is 2.03. The highest BCUT2D eigenvalue weighted by Crippen LogP contribution is 2.17. The van der Waals surface area contributed by atoms with Gasteiger partial charge in [0.1, 0.15) is 0 Å². The van der Waals surface area contributed by atoms with Crippen molar-refractivity contribution in [3.63, 3.8) is 0 Å². The lowest BCUT2D eigenvalue weighted by atomic mass is 10.1. The molecule has 0 atom stereocenters. The molecule has 0 aliphatic rings. The summed E-state index contributed by atoms with van der Waals surface area (Å²) in [6.45, 7) is 3.13. The smallest absolute Gasteiger partial charge is 0.256 e. The molecule has 0 aliphatic heterocycles. The number of pyridine rings is 1. The molecule has 0 saturated heterocycles. The molecule has 0 spiro atoms. The highest BCUT2D eigenvalue weighted by molar-refractivity contribution is 5.99. The first kappa shape index (κ1) is 14.0. The second kappa shape index (κ2) is 6.68. The van der Waals surface area contributed by atoms with Crippen LogP contribution in [0.3, 0.4) is 0 Å². The Hall–Kier alpha value is -2.40. The van der Waals surface area contributed by atoms with Crippen molar-refractivity contribution >= 4 is 11.6 Å². The van der Waals surface area contributed by atoms with E-state index in [-0.39, 0.29) is 5.91 Å². The van der Waals surface area contributed by atoms with Crippen molar-refractivity contribution in [2.45, 2.75) is 13.5 Å². The molecule has 5 heteroatoms. The van der Waals surface area contributed by atoms with Crippen LogP contribution in [0.15, 0.2) is 48.8 Å². The van der Waals surface area contributed by atoms with Crippen molar-refractivity contribution < 1.29 is 4.79 Å². The van der Waals surface area contributed by atoms with Crippen molar-refractivity contribution in [2.75, 3.05) is 12.0 Å². The summed E-state index contributed by atoms with van der Waals surface area (Å²) in [6, 6.07) is 11.0. The summed E-state index contributed by atoms with van der Waals surface area (Å²) in [5.74, 6) is 5.41. The molecule has 5 nitrogen and oxygen atoms in total. The van der Waals surface area contributed by atoms with E-state index in [0.29, 0.717) is 24.3 Å². The number of benzene rings is 1. The first-order valence-electron chi connectivity index (χ1n) is 6.50. The third-order valence-corrected chi connectivity index (χ3v) is 3.10. The maximum absolute atomic E-state index is 12.6. The minimum Gasteiger partial charge on any atom is -0.335 e. The number of nitrogens with zero attached hydrogens (tertiary/aromatic N) is 2. The number of hydrogen-bond donors (Lipinski definition) is 2. The number of carbonyl (C=O) groups is 1. The topological polar surface area (TPSA) is 71.2 Å². The molecule has 1 amide bonds. The SMILES string of the molecule is CCN(Cc1ccncc1)C(=O)c1ccccc1NN. The van der Waals surface area contributed by atoms with Gasteiger partial charge in [-0.25, -0.2) is 0 Å². The van der Waals surface area contributed by atoms with E-state index in [2.05, 4.69) is 10.4 Å². The minimum absolute atomic E-state index is 0.0436. The molecule has 104 valence electrons. The Kier molecular flexibility index (Phi) is 4.68. The van der Waals surface area contributed by atoms with E-state index in [1.165, 1.54) is 0 Å². The van der Waals surface area contributed by atoms with Gasteiger partial charge in [-0.15, -0.1) is 0 Å². The second-order valence-corrected chi connectivity index (χ2v) is 4.36. The Morgan fingerprint density at radius 1 is 1.25 bits per heavy atom. The Bertz CT molecular complexity index is 571. The minimum atomic E-state index is -0.0436. The normalized spacial score (nSPS) is 10.1. The summed E-state index contributed by atoms with van der Waals surface area (Å²) in [5.41, 5.74) is 4.82. The van der Waals surface area contributed by atoms with Crippen molar-refractivity contribution in [3.05, 3.63) is 59.9 Å². The fourth-order valence-corrected chi connectivity index (χ4v) is 2.00. The van der Waals surface area contributed by atoms with Crippen molar-refractivity contribution in [1.29, 1.82) is 0 Å². The second-order valence-electron chi connectivity index (χ2n) is 4.36. The number of hydrazine groups is 1. The average molecular weight is 270 g/mol. The number of aromatic nitrogens is 1. The van der Waals surface area contributed by atoms with Crippen LogP contribution in [0, 0.1) is 0 Å². The molecule has 3 N–H and O–H groups in total. The largest absolute Gasteiger partial charge is 0.335 e. The first-order valence-corrected chi connectivity index (χ1v) is 6.50. The third-order valence-electron chi connectivity index (χ3n) is 3.10. The fraction of sp³-hybridized carbons (Fsp3) is 0.200. The average Bonchev–Trinajstić information content (AvgIpc) is 2.53. The van der Waals surface area contributed by atoms with Crippen LogP contribution in [-0.2, 0) is 6.54 Å². The molecule has 1 heterocycles. The molecule has 1 aromatic heterocycles. The quantitative estimate of drug-likeness (QED) is 0.644. The van der Waals surface area contributed by atoms with Crippen LogP contribution >= 0.6 is 0 Å². The van der Waals surface area contributed by atoms with Crippen LogP contribution in [-0.4, -0.2) is 22.3 Å². The van der Waals surface area contributed by atoms with E-state index in [0.717, 1.165) is 5.56 Å². The Balaban J connectivity index is 2.21. The van der Waals surface area contributed by atoms with Gasteiger partial charge >= 0.3 is 0 Å². The van der Waals surface area contributed by atoms with E-state index in [4.69, 9.17) is 5.84 Å². The highest BCUT2D eigenvalue weighted by Gasteiger charge is 2.17. The fourth-order valence-electron chi connectivity index (χ4n) is 2.00. The zero-order valence-corrected chi connectivity index (χ0v) is 11.4. The van der Waals surface area contributed by atoms with Crippen molar-refractivity contribution in [1.82, 2.24) is 9.88 Å². The summed E-state index contributed by atoms with van der Waals surface area (Å²) in [4.78, 5) is 18.3. The highest BCUT2D eigenvalue weighted by atomic mass is 16.2. The van der Waals surface area contributed by atoms with Crippen LogP contribution in [0.25, 0.3) is 0 Å². The Morgan fingerprint density at radius 3 is 2.60 bits per heavy atom. The molecule has 2 rings (SSSR count). The van der Waals surface area contributed by atoms with Gasteiger partial charge in [0.05, 0.1) is 11.3 Å². The molecule has 0 saturated carbocycles. The summed E-state index contributed by atoms with van der Waals surface area (Å²) in [5, 5.41) is 0. The lowest BCUT2D eigenvalue weighted by Crippen LogP contribution is -2.31. The van der Waals surface area contributed by atoms with Crippen molar-refractivity contribution in [2.24, 2.45) is 5.84 Å². The zero-order chi connectivity index (χ0) is 14.4. The van der Waals surface area contributed by atoms with Gasteiger partial charge < -0.3 is 10.3 Å². The molecular weight excluding hydrogens is 252 g/mol. The van der Waals surface area contributed by atoms with Gasteiger partial charge in [-0.3, -0.25) is 15.6 Å². The van der Waals surface area contributed by atoms with Crippen LogP contribution in [0.2, 0.25) is 0 Å². The lowest BCUT2D eigenvalue weighted by Gasteiger charge is -2.22. The lowest BCUT2D eigenvalue weighted by molar-refractivity contribution is 0.0753. The molecule has 0 aliphatic carbocycles. The molecule has 0 bridgehead atoms. The number of nitrogens with one attached hydrogen (secondary N) is 1. The molecular formula is C15H18N4O. The van der Waals surface area contributed by atoms with Gasteiger partial charge in [0.15, 0.2) is 0 Å². The van der Waals surface area contributed by atoms with Crippen molar-refractivity contribution in [3.8, 4) is 0 Å². The number of nitrogens with two attached hydrogens (primary N) is 1. The standard InChI is InChI=1S/C15H18N4O/c1-2-19(11-12-7-9-17-10-8-12)15(20)13-5-3-4-6-14(13)18-16/h3-10,18H,2,11,16H2,1H3. The summed E-state index contributed by atoms with van der Waals surface area (Å²) in [6.07, 6.45) is 3.45. The number of anilines is 1. The summed E-state index contributed by atoms with van der Waals surface area (Å²) >= 11 is 0. The Morgan fingerprint density at radius 2 is 1.95 bits per heavy atom. The third kappa shape index (κ3) is 3.13. The Labute approximate surface area is 118 Å².